The zero-order valence-electron chi connectivity index (χ0n) is 9.49. The summed E-state index contributed by atoms with van der Waals surface area (Å²) in [5, 5.41) is 0. The minimum atomic E-state index is -0.600. The Morgan fingerprint density at radius 3 is 2.53 bits per heavy atom. The van der Waals surface area contributed by atoms with Crippen LogP contribution in [0.2, 0.25) is 0 Å². The number of carbonyl (C=O) groups excluding carboxylic acids is 1. The van der Waals surface area contributed by atoms with Gasteiger partial charge >= 0.3 is 0 Å². The number of ether oxygens (including phenoxy) is 1. The minimum absolute atomic E-state index is 0.245. The molecule has 0 unspecified atom stereocenters. The molecule has 6 heteroatoms. The van der Waals surface area contributed by atoms with E-state index in [-0.39, 0.29) is 10.0 Å². The third-order valence-electron chi connectivity index (χ3n) is 2.33. The zero-order valence-corrected chi connectivity index (χ0v) is 12.7. The Bertz CT molecular complexity index is 647. The molecule has 0 heterocycles. The van der Waals surface area contributed by atoms with E-state index in [0.29, 0.717) is 16.0 Å². The van der Waals surface area contributed by atoms with Crippen molar-refractivity contribution in [2.24, 2.45) is 5.73 Å². The summed E-state index contributed by atoms with van der Waals surface area (Å²) in [4.78, 5) is 11.3. The van der Waals surface area contributed by atoms with E-state index in [1.165, 1.54) is 18.2 Å². The van der Waals surface area contributed by atoms with Crippen LogP contribution < -0.4 is 10.5 Å². The first-order valence-electron chi connectivity index (χ1n) is 5.19. The third-order valence-corrected chi connectivity index (χ3v) is 3.43. The van der Waals surface area contributed by atoms with E-state index in [9.17, 15) is 9.18 Å². The molecule has 0 radical (unpaired) electrons. The molecular weight excluding hydrogens is 381 g/mol. The normalized spacial score (nSPS) is 10.3. The van der Waals surface area contributed by atoms with Crippen LogP contribution in [-0.4, -0.2) is 5.91 Å². The second-order valence-electron chi connectivity index (χ2n) is 3.68. The van der Waals surface area contributed by atoms with Crippen LogP contribution in [0.25, 0.3) is 0 Å². The molecule has 3 nitrogen and oxygen atoms in total. The summed E-state index contributed by atoms with van der Waals surface area (Å²) in [6, 6.07) is 9.11. The number of halogens is 3. The number of benzene rings is 2. The van der Waals surface area contributed by atoms with Gasteiger partial charge in [-0.3, -0.25) is 4.79 Å². The van der Waals surface area contributed by atoms with E-state index >= 15 is 0 Å². The van der Waals surface area contributed by atoms with Gasteiger partial charge in [0, 0.05) is 4.47 Å². The smallest absolute Gasteiger partial charge is 0.252 e. The van der Waals surface area contributed by atoms with Crippen LogP contribution >= 0.6 is 31.9 Å². The lowest BCUT2D eigenvalue weighted by molar-refractivity contribution is 0.0998. The molecule has 0 aliphatic carbocycles. The van der Waals surface area contributed by atoms with Crippen molar-refractivity contribution in [2.45, 2.75) is 0 Å². The zero-order chi connectivity index (χ0) is 14.0. The number of rotatable bonds is 3. The topological polar surface area (TPSA) is 52.3 Å². The molecule has 98 valence electrons. The Hall–Kier alpha value is -1.40. The van der Waals surface area contributed by atoms with Crippen molar-refractivity contribution in [1.29, 1.82) is 0 Å². The highest BCUT2D eigenvalue weighted by molar-refractivity contribution is 9.10. The summed E-state index contributed by atoms with van der Waals surface area (Å²) in [5.74, 6) is -0.275. The molecule has 0 atom stereocenters. The Kier molecular flexibility index (Phi) is 4.21. The Labute approximate surface area is 125 Å². The maximum atomic E-state index is 13.1. The summed E-state index contributed by atoms with van der Waals surface area (Å²) < 4.78 is 19.7. The Balaban J connectivity index is 2.37. The number of amides is 1. The van der Waals surface area contributed by atoms with Gasteiger partial charge in [0.1, 0.15) is 17.3 Å². The number of primary amides is 1. The van der Waals surface area contributed by atoms with Crippen LogP contribution in [0, 0.1) is 5.82 Å². The first-order valence-corrected chi connectivity index (χ1v) is 6.78. The average Bonchev–Trinajstić information content (AvgIpc) is 2.36. The lowest BCUT2D eigenvalue weighted by Crippen LogP contribution is -2.12. The standard InChI is InChI=1S/C13H8Br2FNO2/c14-7-1-4-12(9(5-7)13(17)18)19-8-2-3-11(16)10(15)6-8/h1-6H,(H2,17,18). The molecule has 2 N–H and O–H groups in total. The molecule has 1 amide bonds. The molecule has 0 aliphatic rings. The van der Waals surface area contributed by atoms with Crippen LogP contribution in [0.4, 0.5) is 4.39 Å². The summed E-state index contributed by atoms with van der Waals surface area (Å²) >= 11 is 6.32. The van der Waals surface area contributed by atoms with Crippen molar-refractivity contribution in [1.82, 2.24) is 0 Å². The third kappa shape index (κ3) is 3.33. The fourth-order valence-corrected chi connectivity index (χ4v) is 2.17. The van der Waals surface area contributed by atoms with Crippen molar-refractivity contribution in [2.75, 3.05) is 0 Å². The second-order valence-corrected chi connectivity index (χ2v) is 5.45. The van der Waals surface area contributed by atoms with Crippen molar-refractivity contribution in [3.63, 3.8) is 0 Å². The van der Waals surface area contributed by atoms with Crippen molar-refractivity contribution in [3.8, 4) is 11.5 Å². The van der Waals surface area contributed by atoms with Gasteiger partial charge < -0.3 is 10.5 Å². The van der Waals surface area contributed by atoms with Crippen LogP contribution in [0.3, 0.4) is 0 Å². The van der Waals surface area contributed by atoms with E-state index in [4.69, 9.17) is 10.5 Å². The van der Waals surface area contributed by atoms with Gasteiger partial charge in [-0.2, -0.15) is 0 Å². The summed E-state index contributed by atoms with van der Waals surface area (Å²) in [5.41, 5.74) is 5.53. The van der Waals surface area contributed by atoms with Gasteiger partial charge in [0.2, 0.25) is 0 Å². The fourth-order valence-electron chi connectivity index (χ4n) is 1.45. The lowest BCUT2D eigenvalue weighted by atomic mass is 10.2. The number of hydrogen-bond donors (Lipinski definition) is 1. The molecule has 0 bridgehead atoms. The predicted octanol–water partition coefficient (Wildman–Crippen LogP) is 4.24. The van der Waals surface area contributed by atoms with Crippen LogP contribution in [0.15, 0.2) is 45.3 Å². The first kappa shape index (κ1) is 14.0. The molecule has 0 fully saturated rings. The van der Waals surface area contributed by atoms with Gasteiger partial charge in [0.05, 0.1) is 10.0 Å². The summed E-state index contributed by atoms with van der Waals surface area (Å²) in [7, 11) is 0. The largest absolute Gasteiger partial charge is 0.456 e. The molecule has 0 aliphatic heterocycles. The molecule has 0 aromatic heterocycles. The highest BCUT2D eigenvalue weighted by Gasteiger charge is 2.11. The maximum Gasteiger partial charge on any atom is 0.252 e. The molecule has 0 saturated carbocycles. The first-order chi connectivity index (χ1) is 8.97. The van der Waals surface area contributed by atoms with E-state index in [1.54, 1.807) is 18.2 Å². The Morgan fingerprint density at radius 1 is 1.16 bits per heavy atom. The monoisotopic (exact) mass is 387 g/mol. The summed E-state index contributed by atoms with van der Waals surface area (Å²) in [6.07, 6.45) is 0. The molecule has 19 heavy (non-hydrogen) atoms. The molecule has 2 aromatic rings. The maximum absolute atomic E-state index is 13.1. The van der Waals surface area contributed by atoms with Gasteiger partial charge in [-0.05, 0) is 52.3 Å². The van der Waals surface area contributed by atoms with Crippen LogP contribution in [-0.2, 0) is 0 Å². The number of hydrogen-bond acceptors (Lipinski definition) is 2. The minimum Gasteiger partial charge on any atom is -0.456 e. The van der Waals surface area contributed by atoms with Gasteiger partial charge in [-0.1, -0.05) is 15.9 Å². The highest BCUT2D eigenvalue weighted by Crippen LogP contribution is 2.30. The highest BCUT2D eigenvalue weighted by atomic mass is 79.9. The molecule has 0 saturated heterocycles. The molecular formula is C13H8Br2FNO2. The van der Waals surface area contributed by atoms with Crippen LogP contribution in [0.1, 0.15) is 10.4 Å². The predicted molar refractivity (Wildman–Crippen MR) is 76.8 cm³/mol. The van der Waals surface area contributed by atoms with Gasteiger partial charge in [0.25, 0.3) is 5.91 Å². The van der Waals surface area contributed by atoms with Crippen molar-refractivity contribution >= 4 is 37.8 Å². The van der Waals surface area contributed by atoms with Gasteiger partial charge in [0.15, 0.2) is 0 Å². The van der Waals surface area contributed by atoms with Gasteiger partial charge in [-0.15, -0.1) is 0 Å². The van der Waals surface area contributed by atoms with Gasteiger partial charge in [-0.25, -0.2) is 4.39 Å². The number of carbonyl (C=O) groups is 1. The van der Waals surface area contributed by atoms with E-state index in [2.05, 4.69) is 31.9 Å². The fraction of sp³-hybridized carbons (Fsp3) is 0. The van der Waals surface area contributed by atoms with E-state index in [1.807, 2.05) is 0 Å². The quantitative estimate of drug-likeness (QED) is 0.854. The molecule has 2 rings (SSSR count). The van der Waals surface area contributed by atoms with E-state index < -0.39 is 11.7 Å². The van der Waals surface area contributed by atoms with Crippen LogP contribution in [0.5, 0.6) is 11.5 Å². The second kappa shape index (κ2) is 5.71. The number of nitrogens with two attached hydrogens (primary N) is 1. The van der Waals surface area contributed by atoms with Crippen molar-refractivity contribution in [3.05, 3.63) is 56.7 Å². The summed E-state index contributed by atoms with van der Waals surface area (Å²) in [6.45, 7) is 0. The molecule has 0 spiro atoms. The SMILES string of the molecule is NC(=O)c1cc(Br)ccc1Oc1ccc(F)c(Br)c1. The van der Waals surface area contributed by atoms with E-state index in [0.717, 1.165) is 0 Å². The van der Waals surface area contributed by atoms with Crippen molar-refractivity contribution < 1.29 is 13.9 Å². The average molecular weight is 389 g/mol. The molecule has 2 aromatic carbocycles. The lowest BCUT2D eigenvalue weighted by Gasteiger charge is -2.10. The Morgan fingerprint density at radius 2 is 1.89 bits per heavy atom.